The molecule has 2 aromatic heterocycles. The van der Waals surface area contributed by atoms with E-state index in [2.05, 4.69) is 295 Å². The van der Waals surface area contributed by atoms with Crippen molar-refractivity contribution in [1.82, 2.24) is 29.9 Å². The first-order valence-electron chi connectivity index (χ1n) is 38.5. The normalized spacial score (nSPS) is 12.9. The van der Waals surface area contributed by atoms with Gasteiger partial charge in [-0.1, -0.05) is 393 Å². The van der Waals surface area contributed by atoms with E-state index in [0.29, 0.717) is 40.4 Å². The number of halogens is 1. The molecule has 8 nitrogen and oxygen atoms in total. The van der Waals surface area contributed by atoms with Crippen LogP contribution in [0.1, 0.15) is 51.9 Å². The number of rotatable bonds is 8. The smallest absolute Gasteiger partial charge is 0.423 e. The lowest BCUT2D eigenvalue weighted by Crippen LogP contribution is -2.29. The van der Waals surface area contributed by atoms with Gasteiger partial charge in [-0.2, -0.15) is 0 Å². The average Bonchev–Trinajstić information content (AvgIpc) is 1.50. The first kappa shape index (κ1) is 69.0. The van der Waals surface area contributed by atoms with E-state index in [1.807, 2.05) is 72.8 Å². The Morgan fingerprint density at radius 2 is 0.504 bits per heavy atom. The van der Waals surface area contributed by atoms with E-state index >= 15 is 0 Å². The van der Waals surface area contributed by atoms with Crippen LogP contribution in [0, 0.1) is 0 Å². The van der Waals surface area contributed by atoms with Gasteiger partial charge in [0.2, 0.25) is 0 Å². The summed E-state index contributed by atoms with van der Waals surface area (Å²) >= 11 is 3.86. The van der Waals surface area contributed by atoms with Crippen LogP contribution in [0.5, 0.6) is 0 Å². The molecule has 0 saturated heterocycles. The summed E-state index contributed by atoms with van der Waals surface area (Å²) in [4.78, 5) is 29.5. The summed E-state index contributed by atoms with van der Waals surface area (Å²) in [6, 6.07) is 133. The van der Waals surface area contributed by atoms with Crippen LogP contribution >= 0.6 is 15.9 Å². The van der Waals surface area contributed by atoms with Crippen molar-refractivity contribution in [3.8, 4) is 102 Å². The van der Waals surface area contributed by atoms with E-state index in [-0.39, 0.29) is 18.3 Å². The van der Waals surface area contributed by atoms with Gasteiger partial charge in [0.05, 0.1) is 10.8 Å². The highest BCUT2D eigenvalue weighted by Gasteiger charge is 2.53. The number of hydrogen-bond acceptors (Lipinski definition) is 8. The highest BCUT2D eigenvalue weighted by Crippen LogP contribution is 2.65. The van der Waals surface area contributed by atoms with E-state index in [1.54, 1.807) is 24.3 Å². The molecule has 4 aliphatic carbocycles. The van der Waals surface area contributed by atoms with Gasteiger partial charge in [0.15, 0.2) is 34.9 Å². The van der Waals surface area contributed by atoms with Crippen molar-refractivity contribution in [3.63, 3.8) is 0 Å². The lowest BCUT2D eigenvalue weighted by atomic mass is 9.70. The molecule has 0 atom stereocenters. The Balaban J connectivity index is 0.000000117. The Morgan fingerprint density at radius 3 is 0.948 bits per heavy atom. The fourth-order valence-corrected chi connectivity index (χ4v) is 19.6. The van der Waals surface area contributed by atoms with Crippen molar-refractivity contribution in [2.45, 2.75) is 18.3 Å². The molecule has 4 aliphatic rings. The van der Waals surface area contributed by atoms with Crippen molar-refractivity contribution in [1.29, 1.82) is 0 Å². The molecule has 0 saturated carbocycles. The van der Waals surface area contributed by atoms with Crippen LogP contribution in [-0.2, 0) is 10.8 Å². The maximum absolute atomic E-state index is 9.39. The van der Waals surface area contributed by atoms with Gasteiger partial charge < -0.3 is 10.0 Å². The summed E-state index contributed by atoms with van der Waals surface area (Å²) in [5.74, 6) is 3.66. The highest BCUT2D eigenvalue weighted by atomic mass is 79.9. The standard InChI is InChI=1S/C52H31N3.C27H15Br.C25H18BN3O2.CH4/c1-2-13-36(14-3-1)49-53-50(55-51(54-49)40-21-8-15-32-12-4-5-18-38(32)40)37-30-26-33(27-31-37)39-20-11-25-45-48(39)41-19-6-7-22-42(41)52(45)43-23-9-16-34-28-29-35-17-10-24-44(52)47(35)46(34)43;28-23-13-5-12-22-26(23)18-8-1-2-9-19(18)27(22)20-10-3-6-16-14-15-17-7-4-11-21(27)25(17)24(16)20;30-26(31)20-15-13-19(14-16-20)24-27-23(18-8-2-1-3-9-18)28-25(29-24)22-12-6-10-17-7-4-5-11-21(17)22;/h1-31H;1-15H;1-16,30-31H;1H4. The minimum absolute atomic E-state index is 0. The van der Waals surface area contributed by atoms with Crippen molar-refractivity contribution in [2.24, 2.45) is 0 Å². The lowest BCUT2D eigenvalue weighted by molar-refractivity contribution is 0.426. The summed E-state index contributed by atoms with van der Waals surface area (Å²) in [6.07, 6.45) is 0. The maximum Gasteiger partial charge on any atom is 0.488 e. The maximum atomic E-state index is 9.39. The Morgan fingerprint density at radius 1 is 0.217 bits per heavy atom. The summed E-state index contributed by atoms with van der Waals surface area (Å²) in [7, 11) is -1.52. The molecule has 2 heterocycles. The zero-order valence-electron chi connectivity index (χ0n) is 61.3. The van der Waals surface area contributed by atoms with Gasteiger partial charge in [-0.05, 0) is 148 Å². The van der Waals surface area contributed by atoms with Gasteiger partial charge in [0.25, 0.3) is 0 Å². The number of hydrogen-bond donors (Lipinski definition) is 2. The minimum atomic E-state index is -1.52. The quantitative estimate of drug-likeness (QED) is 0.114. The second kappa shape index (κ2) is 27.4. The van der Waals surface area contributed by atoms with E-state index in [0.717, 1.165) is 60.5 Å². The topological polar surface area (TPSA) is 118 Å². The summed E-state index contributed by atoms with van der Waals surface area (Å²) in [5.41, 5.74) is 24.0. The van der Waals surface area contributed by atoms with Crippen LogP contribution in [0.15, 0.2) is 381 Å². The zero-order valence-corrected chi connectivity index (χ0v) is 62.9. The number of nitrogens with zero attached hydrogens (tertiary/aromatic N) is 6. The molecule has 0 fully saturated rings. The van der Waals surface area contributed by atoms with Crippen LogP contribution in [0.2, 0.25) is 0 Å². The molecule has 0 radical (unpaired) electrons. The number of aromatic nitrogens is 6. The van der Waals surface area contributed by atoms with Crippen LogP contribution in [0.4, 0.5) is 0 Å². The third-order valence-corrected chi connectivity index (χ3v) is 24.5. The first-order chi connectivity index (χ1) is 56.3. The molecule has 115 heavy (non-hydrogen) atoms. The fraction of sp³-hybridized carbons (Fsp3) is 0.0286. The minimum Gasteiger partial charge on any atom is -0.423 e. The third kappa shape index (κ3) is 10.7. The van der Waals surface area contributed by atoms with E-state index < -0.39 is 7.12 Å². The molecule has 0 amide bonds. The number of benzene rings is 18. The molecule has 0 unspecified atom stereocenters. The van der Waals surface area contributed by atoms with Crippen LogP contribution in [0.3, 0.4) is 0 Å². The number of fused-ring (bicyclic) bond motifs is 16. The molecular weight excluding hydrogens is 1470 g/mol. The van der Waals surface area contributed by atoms with Crippen molar-refractivity contribution in [2.75, 3.05) is 0 Å². The van der Waals surface area contributed by atoms with Crippen molar-refractivity contribution < 1.29 is 10.0 Å². The summed E-state index contributed by atoms with van der Waals surface area (Å²) < 4.78 is 1.17. The van der Waals surface area contributed by atoms with Crippen molar-refractivity contribution >= 4 is 93.1 Å². The molecule has 2 N–H and O–H groups in total. The van der Waals surface area contributed by atoms with Crippen LogP contribution in [0.25, 0.3) is 166 Å². The molecule has 0 bridgehead atoms. The predicted molar refractivity (Wildman–Crippen MR) is 475 cm³/mol. The molecule has 18 aromatic carbocycles. The molecule has 0 aliphatic heterocycles. The third-order valence-electron chi connectivity index (χ3n) is 23.8. The van der Waals surface area contributed by atoms with E-state index in [9.17, 15) is 10.0 Å². The Labute approximate surface area is 673 Å². The highest BCUT2D eigenvalue weighted by molar-refractivity contribution is 9.10. The van der Waals surface area contributed by atoms with Gasteiger partial charge in [0.1, 0.15) is 0 Å². The van der Waals surface area contributed by atoms with Gasteiger partial charge in [-0.15, -0.1) is 0 Å². The Bertz CT molecular complexity index is 7230. The summed E-state index contributed by atoms with van der Waals surface area (Å²) in [6.45, 7) is 0. The van der Waals surface area contributed by atoms with Crippen LogP contribution < -0.4 is 5.46 Å². The van der Waals surface area contributed by atoms with E-state index in [1.165, 1.54) is 120 Å². The van der Waals surface area contributed by atoms with E-state index in [4.69, 9.17) is 29.9 Å². The summed E-state index contributed by atoms with van der Waals surface area (Å²) in [5, 5.41) is 34.1. The van der Waals surface area contributed by atoms with Gasteiger partial charge in [-0.3, -0.25) is 0 Å². The Kier molecular flexibility index (Phi) is 16.5. The predicted octanol–water partition coefficient (Wildman–Crippen LogP) is 24.4. The largest absolute Gasteiger partial charge is 0.488 e. The molecular formula is C105H68BBrN6O2. The lowest BCUT2D eigenvalue weighted by Gasteiger charge is -2.31. The second-order valence-corrected chi connectivity index (χ2v) is 30.6. The second-order valence-electron chi connectivity index (χ2n) is 29.7. The van der Waals surface area contributed by atoms with Gasteiger partial charge in [0, 0.05) is 43.4 Å². The molecule has 2 spiro atoms. The molecule has 20 aromatic rings. The van der Waals surface area contributed by atoms with Crippen LogP contribution in [-0.4, -0.2) is 47.1 Å². The SMILES string of the molecule is Brc1cccc2c1-c1ccccc1C21c2cccc3ccc4cccc1c4c23.C.OB(O)c1ccc(-c2nc(-c3ccccc3)nc(-c3cccc4ccccc34)n2)cc1.c1ccc(-c2nc(-c3ccc(-c4cccc5c4-c4ccccc4C54c5cccc6ccc7cccc4c7c56)cc3)nc(-c3cccc4ccccc34)n2)cc1. The Hall–Kier alpha value is -14.0. The fourth-order valence-electron chi connectivity index (χ4n) is 19.0. The average molecular weight is 1540 g/mol. The van der Waals surface area contributed by atoms with Gasteiger partial charge >= 0.3 is 7.12 Å². The first-order valence-corrected chi connectivity index (χ1v) is 39.3. The molecule has 24 rings (SSSR count). The zero-order chi connectivity index (χ0) is 75.8. The molecule has 10 heteroatoms. The van der Waals surface area contributed by atoms with Gasteiger partial charge in [-0.25, -0.2) is 29.9 Å². The monoisotopic (exact) mass is 1530 g/mol. The molecule has 540 valence electrons. The van der Waals surface area contributed by atoms with Crippen molar-refractivity contribution in [3.05, 3.63) is 425 Å².